The molecule has 4 N–H and O–H groups in total. The number of nitrogen functional groups attached to an aromatic ring is 1. The van der Waals surface area contributed by atoms with Crippen molar-refractivity contribution in [3.8, 4) is 5.75 Å². The minimum absolute atomic E-state index is 0.116. The monoisotopic (exact) mass is 390 g/mol. The molecule has 146 valence electrons. The van der Waals surface area contributed by atoms with Crippen LogP contribution in [0.2, 0.25) is 0 Å². The van der Waals surface area contributed by atoms with E-state index in [-0.39, 0.29) is 10.9 Å². The molecule has 1 saturated heterocycles. The Hall–Kier alpha value is -2.45. The molecule has 2 aromatic rings. The second-order valence-electron chi connectivity index (χ2n) is 6.84. The van der Waals surface area contributed by atoms with Gasteiger partial charge in [-0.25, -0.2) is 8.42 Å². The van der Waals surface area contributed by atoms with Crippen LogP contribution in [0.3, 0.4) is 0 Å². The number of hydrogen-bond donors (Lipinski definition) is 3. The van der Waals surface area contributed by atoms with Crippen molar-refractivity contribution in [3.05, 3.63) is 42.5 Å². The number of rotatable bonds is 5. The van der Waals surface area contributed by atoms with Crippen molar-refractivity contribution >= 4 is 27.1 Å². The van der Waals surface area contributed by atoms with Crippen molar-refractivity contribution in [2.45, 2.75) is 30.8 Å². The van der Waals surface area contributed by atoms with Gasteiger partial charge in [0.05, 0.1) is 29.1 Å². The fourth-order valence-electron chi connectivity index (χ4n) is 3.25. The Bertz CT molecular complexity index is 917. The van der Waals surface area contributed by atoms with Crippen LogP contribution >= 0.6 is 0 Å². The fraction of sp³-hybridized carbons (Fsp3) is 0.368. The Labute approximate surface area is 160 Å². The molecule has 0 aromatic heterocycles. The molecule has 0 aliphatic carbocycles. The molecule has 2 atom stereocenters. The molecular weight excluding hydrogens is 364 g/mol. The number of anilines is 3. The second-order valence-corrected chi connectivity index (χ2v) is 8.52. The molecule has 1 fully saturated rings. The van der Waals surface area contributed by atoms with Gasteiger partial charge in [-0.05, 0) is 44.2 Å². The molecule has 3 rings (SSSR count). The number of piperazine rings is 1. The number of methoxy groups -OCH3 is 1. The van der Waals surface area contributed by atoms with E-state index in [4.69, 9.17) is 10.5 Å². The van der Waals surface area contributed by atoms with Crippen LogP contribution in [0.5, 0.6) is 5.75 Å². The molecule has 0 bridgehead atoms. The van der Waals surface area contributed by atoms with Gasteiger partial charge < -0.3 is 20.7 Å². The summed E-state index contributed by atoms with van der Waals surface area (Å²) < 4.78 is 33.3. The summed E-state index contributed by atoms with van der Waals surface area (Å²) in [4.78, 5) is 2.33. The van der Waals surface area contributed by atoms with Gasteiger partial charge >= 0.3 is 0 Å². The lowest BCUT2D eigenvalue weighted by atomic mass is 10.1. The molecule has 27 heavy (non-hydrogen) atoms. The highest BCUT2D eigenvalue weighted by molar-refractivity contribution is 7.92. The number of hydrogen-bond acceptors (Lipinski definition) is 6. The number of ether oxygens (including phenoxy) is 1. The average molecular weight is 391 g/mol. The quantitative estimate of drug-likeness (QED) is 0.678. The highest BCUT2D eigenvalue weighted by atomic mass is 32.2. The number of sulfonamides is 1. The first-order chi connectivity index (χ1) is 12.8. The summed E-state index contributed by atoms with van der Waals surface area (Å²) in [7, 11) is -2.29. The summed E-state index contributed by atoms with van der Waals surface area (Å²) in [6.07, 6.45) is 0. The third-order valence-corrected chi connectivity index (χ3v) is 6.10. The first kappa shape index (κ1) is 19.3. The molecule has 8 heteroatoms. The predicted octanol–water partition coefficient (Wildman–Crippen LogP) is 2.26. The van der Waals surface area contributed by atoms with Gasteiger partial charge in [0.2, 0.25) is 0 Å². The molecule has 0 saturated carbocycles. The van der Waals surface area contributed by atoms with Gasteiger partial charge in [-0.3, -0.25) is 4.72 Å². The molecule has 0 amide bonds. The lowest BCUT2D eigenvalue weighted by Crippen LogP contribution is -2.54. The predicted molar refractivity (Wildman–Crippen MR) is 109 cm³/mol. The summed E-state index contributed by atoms with van der Waals surface area (Å²) in [5, 5.41) is 3.42. The van der Waals surface area contributed by atoms with Gasteiger partial charge in [0, 0.05) is 25.2 Å². The normalized spacial score (nSPS) is 20.3. The topological polar surface area (TPSA) is 96.7 Å². The number of nitrogens with two attached hydrogens (primary N) is 1. The van der Waals surface area contributed by atoms with E-state index >= 15 is 0 Å². The van der Waals surface area contributed by atoms with Gasteiger partial charge in [-0.1, -0.05) is 12.1 Å². The Kier molecular flexibility index (Phi) is 5.48. The average Bonchev–Trinajstić information content (AvgIpc) is 2.64. The summed E-state index contributed by atoms with van der Waals surface area (Å²) in [5.41, 5.74) is 7.91. The van der Waals surface area contributed by atoms with E-state index in [1.807, 2.05) is 0 Å². The van der Waals surface area contributed by atoms with Crippen LogP contribution in [0.4, 0.5) is 17.1 Å². The van der Waals surface area contributed by atoms with Crippen LogP contribution in [0.25, 0.3) is 0 Å². The van der Waals surface area contributed by atoms with Crippen LogP contribution in [-0.2, 0) is 10.0 Å². The lowest BCUT2D eigenvalue weighted by Gasteiger charge is -2.39. The molecule has 1 heterocycles. The third kappa shape index (κ3) is 4.12. The van der Waals surface area contributed by atoms with Crippen molar-refractivity contribution in [1.82, 2.24) is 5.32 Å². The van der Waals surface area contributed by atoms with Crippen LogP contribution < -0.4 is 25.4 Å². The third-order valence-electron chi connectivity index (χ3n) is 4.73. The molecule has 0 unspecified atom stereocenters. The van der Waals surface area contributed by atoms with Gasteiger partial charge in [0.1, 0.15) is 5.75 Å². The van der Waals surface area contributed by atoms with E-state index < -0.39 is 10.0 Å². The van der Waals surface area contributed by atoms with Crippen LogP contribution in [0.1, 0.15) is 13.8 Å². The Morgan fingerprint density at radius 2 is 1.96 bits per heavy atom. The zero-order valence-electron chi connectivity index (χ0n) is 15.8. The van der Waals surface area contributed by atoms with Gasteiger partial charge in [-0.15, -0.1) is 0 Å². The SMILES string of the molecule is COc1ccccc1NS(=O)(=O)c1ccc(N2C[C@H](C)NC[C@H]2C)c(N)c1. The van der Waals surface area contributed by atoms with Crippen molar-refractivity contribution in [1.29, 1.82) is 0 Å². The van der Waals surface area contributed by atoms with E-state index in [9.17, 15) is 8.42 Å². The highest BCUT2D eigenvalue weighted by Gasteiger charge is 2.25. The minimum atomic E-state index is -3.78. The van der Waals surface area contributed by atoms with Gasteiger partial charge in [-0.2, -0.15) is 0 Å². The standard InChI is InChI=1S/C19H26N4O3S/c1-13-12-23(14(2)11-21-13)18-9-8-15(10-16(18)20)27(24,25)22-17-6-4-5-7-19(17)26-3/h4-10,13-14,21-22H,11-12,20H2,1-3H3/t13-,14+/m0/s1. The summed E-state index contributed by atoms with van der Waals surface area (Å²) in [5.74, 6) is 0.453. The lowest BCUT2D eigenvalue weighted by molar-refractivity contribution is 0.417. The molecule has 1 aliphatic rings. The molecule has 1 aliphatic heterocycles. The number of para-hydroxylation sites is 2. The Morgan fingerprint density at radius 1 is 1.22 bits per heavy atom. The van der Waals surface area contributed by atoms with Crippen molar-refractivity contribution in [2.75, 3.05) is 35.6 Å². The first-order valence-corrected chi connectivity index (χ1v) is 10.4. The van der Waals surface area contributed by atoms with E-state index in [0.717, 1.165) is 18.8 Å². The number of nitrogens with zero attached hydrogens (tertiary/aromatic N) is 1. The summed E-state index contributed by atoms with van der Waals surface area (Å²) in [6, 6.07) is 12.4. The molecule has 0 radical (unpaired) electrons. The van der Waals surface area contributed by atoms with Crippen molar-refractivity contribution < 1.29 is 13.2 Å². The van der Waals surface area contributed by atoms with E-state index in [0.29, 0.717) is 23.2 Å². The zero-order valence-corrected chi connectivity index (χ0v) is 16.6. The summed E-state index contributed by atoms with van der Waals surface area (Å²) >= 11 is 0. The smallest absolute Gasteiger partial charge is 0.262 e. The van der Waals surface area contributed by atoms with E-state index in [1.54, 1.807) is 36.4 Å². The number of benzene rings is 2. The van der Waals surface area contributed by atoms with Gasteiger partial charge in [0.15, 0.2) is 0 Å². The zero-order chi connectivity index (χ0) is 19.6. The van der Waals surface area contributed by atoms with E-state index in [2.05, 4.69) is 28.8 Å². The fourth-order valence-corrected chi connectivity index (χ4v) is 4.36. The van der Waals surface area contributed by atoms with Crippen LogP contribution in [0.15, 0.2) is 47.4 Å². The molecule has 7 nitrogen and oxygen atoms in total. The van der Waals surface area contributed by atoms with Crippen LogP contribution in [-0.4, -0.2) is 40.7 Å². The Balaban J connectivity index is 1.88. The minimum Gasteiger partial charge on any atom is -0.495 e. The Morgan fingerprint density at radius 3 is 2.67 bits per heavy atom. The molecule has 0 spiro atoms. The largest absolute Gasteiger partial charge is 0.495 e. The van der Waals surface area contributed by atoms with Gasteiger partial charge in [0.25, 0.3) is 10.0 Å². The molecular formula is C19H26N4O3S. The highest BCUT2D eigenvalue weighted by Crippen LogP contribution is 2.31. The van der Waals surface area contributed by atoms with E-state index in [1.165, 1.54) is 13.2 Å². The van der Waals surface area contributed by atoms with Crippen molar-refractivity contribution in [2.24, 2.45) is 0 Å². The maximum atomic E-state index is 12.8. The summed E-state index contributed by atoms with van der Waals surface area (Å²) in [6.45, 7) is 5.91. The number of nitrogens with one attached hydrogen (secondary N) is 2. The maximum absolute atomic E-state index is 12.8. The van der Waals surface area contributed by atoms with Crippen molar-refractivity contribution in [3.63, 3.8) is 0 Å². The first-order valence-electron chi connectivity index (χ1n) is 8.87. The maximum Gasteiger partial charge on any atom is 0.262 e. The van der Waals surface area contributed by atoms with Crippen LogP contribution in [0, 0.1) is 0 Å². The molecule has 2 aromatic carbocycles. The second kappa shape index (κ2) is 7.66.